The molecule has 1 fully saturated rings. The Labute approximate surface area is 136 Å². The maximum absolute atomic E-state index is 12.8. The molecule has 2 aliphatic rings. The fourth-order valence-electron chi connectivity index (χ4n) is 2.78. The van der Waals surface area contributed by atoms with Crippen molar-refractivity contribution in [2.24, 2.45) is 0 Å². The Balaban J connectivity index is 1.64. The zero-order chi connectivity index (χ0) is 16.9. The van der Waals surface area contributed by atoms with Crippen molar-refractivity contribution >= 4 is 11.9 Å². The van der Waals surface area contributed by atoms with Gasteiger partial charge in [0.05, 0.1) is 0 Å². The number of aromatic nitrogens is 2. The molecular formula is C15H14N4O5. The smallest absolute Gasteiger partial charge is 0.325 e. The summed E-state index contributed by atoms with van der Waals surface area (Å²) >= 11 is 0. The van der Waals surface area contributed by atoms with E-state index in [2.05, 4.69) is 15.5 Å². The second-order valence-electron chi connectivity index (χ2n) is 5.73. The molecule has 1 saturated heterocycles. The molecule has 9 heteroatoms. The molecule has 24 heavy (non-hydrogen) atoms. The molecule has 1 aromatic heterocycles. The van der Waals surface area contributed by atoms with Gasteiger partial charge in [-0.15, -0.1) is 10.2 Å². The van der Waals surface area contributed by atoms with E-state index in [1.165, 1.54) is 0 Å². The Hall–Kier alpha value is -3.10. The topological polar surface area (TPSA) is 107 Å². The van der Waals surface area contributed by atoms with Crippen LogP contribution in [0.4, 0.5) is 4.79 Å². The molecule has 9 nitrogen and oxygen atoms in total. The Morgan fingerprint density at radius 3 is 2.79 bits per heavy atom. The van der Waals surface area contributed by atoms with Crippen LogP contribution in [0.25, 0.3) is 0 Å². The zero-order valence-electron chi connectivity index (χ0n) is 13.0. The molecule has 4 rings (SSSR count). The van der Waals surface area contributed by atoms with Crippen molar-refractivity contribution in [3.8, 4) is 11.5 Å². The molecule has 2 aliphatic heterocycles. The maximum atomic E-state index is 12.8. The molecule has 3 amide bonds. The first kappa shape index (κ1) is 14.5. The van der Waals surface area contributed by atoms with Gasteiger partial charge in [0.15, 0.2) is 11.5 Å². The van der Waals surface area contributed by atoms with E-state index in [-0.39, 0.29) is 19.2 Å². The summed E-state index contributed by atoms with van der Waals surface area (Å²) in [5, 5.41) is 10.2. The number of hydrogen-bond acceptors (Lipinski definition) is 7. The molecule has 1 N–H and O–H groups in total. The average molecular weight is 330 g/mol. The highest BCUT2D eigenvalue weighted by Gasteiger charge is 2.49. The highest BCUT2D eigenvalue weighted by Crippen LogP contribution is 2.38. The largest absolute Gasteiger partial charge is 0.454 e. The lowest BCUT2D eigenvalue weighted by Crippen LogP contribution is -2.40. The third-order valence-corrected chi connectivity index (χ3v) is 4.09. The van der Waals surface area contributed by atoms with Crippen molar-refractivity contribution < 1.29 is 23.5 Å². The summed E-state index contributed by atoms with van der Waals surface area (Å²) in [6.45, 7) is 3.34. The van der Waals surface area contributed by atoms with Crippen LogP contribution in [0.5, 0.6) is 11.5 Å². The van der Waals surface area contributed by atoms with E-state index in [1.54, 1.807) is 32.0 Å². The number of ether oxygens (including phenoxy) is 2. The summed E-state index contributed by atoms with van der Waals surface area (Å²) in [5.74, 6) is 1.32. The van der Waals surface area contributed by atoms with Crippen molar-refractivity contribution in [1.29, 1.82) is 0 Å². The van der Waals surface area contributed by atoms with Gasteiger partial charge in [0.25, 0.3) is 5.91 Å². The highest BCUT2D eigenvalue weighted by molar-refractivity contribution is 6.07. The predicted molar refractivity (Wildman–Crippen MR) is 78.0 cm³/mol. The van der Waals surface area contributed by atoms with E-state index in [1.807, 2.05) is 0 Å². The Bertz CT molecular complexity index is 848. The third kappa shape index (κ3) is 2.08. The number of nitrogens with one attached hydrogen (secondary N) is 1. The average Bonchev–Trinajstić information content (AvgIpc) is 3.23. The minimum absolute atomic E-state index is 0.0777. The number of carbonyl (C=O) groups excluding carboxylic acids is 2. The Kier molecular flexibility index (Phi) is 2.99. The van der Waals surface area contributed by atoms with Crippen LogP contribution in [0.15, 0.2) is 22.6 Å². The number of aryl methyl sites for hydroxylation is 1. The van der Waals surface area contributed by atoms with E-state index in [0.29, 0.717) is 23.0 Å². The van der Waals surface area contributed by atoms with Gasteiger partial charge in [0.2, 0.25) is 18.6 Å². The minimum Gasteiger partial charge on any atom is -0.454 e. The number of imide groups is 1. The molecule has 0 radical (unpaired) electrons. The van der Waals surface area contributed by atoms with Crippen LogP contribution in [0.1, 0.15) is 24.3 Å². The van der Waals surface area contributed by atoms with Crippen LogP contribution in [0, 0.1) is 6.92 Å². The second kappa shape index (κ2) is 4.95. The lowest BCUT2D eigenvalue weighted by atomic mass is 9.91. The van der Waals surface area contributed by atoms with E-state index in [0.717, 1.165) is 4.90 Å². The monoisotopic (exact) mass is 330 g/mol. The summed E-state index contributed by atoms with van der Waals surface area (Å²) < 4.78 is 15.8. The molecule has 3 heterocycles. The first-order valence-corrected chi connectivity index (χ1v) is 7.30. The molecule has 1 atom stereocenters. The van der Waals surface area contributed by atoms with E-state index >= 15 is 0 Å². The standard InChI is InChI=1S/C15H14N4O5/c1-8-17-18-12(24-8)6-19-13(20)15(2,16-14(19)21)9-3-4-10-11(5-9)23-7-22-10/h3-5H,6-7H2,1-2H3,(H,16,21)/t15-/m0/s1. The van der Waals surface area contributed by atoms with Crippen LogP contribution in [-0.2, 0) is 16.9 Å². The molecule has 0 spiro atoms. The van der Waals surface area contributed by atoms with E-state index in [9.17, 15) is 9.59 Å². The maximum Gasteiger partial charge on any atom is 0.325 e. The van der Waals surface area contributed by atoms with Gasteiger partial charge in [0.1, 0.15) is 12.1 Å². The number of amides is 3. The van der Waals surface area contributed by atoms with Crippen molar-refractivity contribution in [1.82, 2.24) is 20.4 Å². The molecule has 0 unspecified atom stereocenters. The van der Waals surface area contributed by atoms with Crippen LogP contribution >= 0.6 is 0 Å². The van der Waals surface area contributed by atoms with Crippen LogP contribution < -0.4 is 14.8 Å². The highest BCUT2D eigenvalue weighted by atomic mass is 16.7. The summed E-state index contributed by atoms with van der Waals surface area (Å²) in [6, 6.07) is 4.62. The molecular weight excluding hydrogens is 316 g/mol. The van der Waals surface area contributed by atoms with Gasteiger partial charge >= 0.3 is 6.03 Å². The van der Waals surface area contributed by atoms with Gasteiger partial charge in [-0.1, -0.05) is 6.07 Å². The second-order valence-corrected chi connectivity index (χ2v) is 5.73. The van der Waals surface area contributed by atoms with Crippen LogP contribution in [0.2, 0.25) is 0 Å². The number of nitrogens with zero attached hydrogens (tertiary/aromatic N) is 3. The SMILES string of the molecule is Cc1nnc(CN2C(=O)N[C@@](C)(c3ccc4c(c3)OCO4)C2=O)o1. The van der Waals surface area contributed by atoms with Gasteiger partial charge in [0, 0.05) is 6.92 Å². The van der Waals surface area contributed by atoms with Gasteiger partial charge < -0.3 is 19.2 Å². The molecule has 1 aromatic carbocycles. The number of rotatable bonds is 3. The predicted octanol–water partition coefficient (Wildman–Crippen LogP) is 1.07. The number of hydrogen-bond donors (Lipinski definition) is 1. The normalized spacial score (nSPS) is 22.2. The Morgan fingerprint density at radius 1 is 1.25 bits per heavy atom. The van der Waals surface area contributed by atoms with Crippen molar-refractivity contribution in [3.63, 3.8) is 0 Å². The lowest BCUT2D eigenvalue weighted by molar-refractivity contribution is -0.131. The minimum atomic E-state index is -1.20. The van der Waals surface area contributed by atoms with Gasteiger partial charge in [-0.05, 0) is 24.6 Å². The summed E-state index contributed by atoms with van der Waals surface area (Å²) in [4.78, 5) is 26.2. The molecule has 0 bridgehead atoms. The van der Waals surface area contributed by atoms with Gasteiger partial charge in [-0.2, -0.15) is 0 Å². The summed E-state index contributed by atoms with van der Waals surface area (Å²) in [7, 11) is 0. The van der Waals surface area contributed by atoms with Crippen molar-refractivity contribution in [2.45, 2.75) is 25.9 Å². The summed E-state index contributed by atoms with van der Waals surface area (Å²) in [5.41, 5.74) is -0.595. The first-order valence-electron chi connectivity index (χ1n) is 7.30. The number of urea groups is 1. The van der Waals surface area contributed by atoms with Gasteiger partial charge in [-0.3, -0.25) is 9.69 Å². The molecule has 2 aromatic rings. The fraction of sp³-hybridized carbons (Fsp3) is 0.333. The van der Waals surface area contributed by atoms with E-state index in [4.69, 9.17) is 13.9 Å². The van der Waals surface area contributed by atoms with Gasteiger partial charge in [-0.25, -0.2) is 4.79 Å². The number of benzene rings is 1. The van der Waals surface area contributed by atoms with E-state index < -0.39 is 17.5 Å². The molecule has 0 saturated carbocycles. The van der Waals surface area contributed by atoms with Crippen LogP contribution in [0.3, 0.4) is 0 Å². The number of carbonyl (C=O) groups is 2. The third-order valence-electron chi connectivity index (χ3n) is 4.09. The van der Waals surface area contributed by atoms with Crippen molar-refractivity contribution in [3.05, 3.63) is 35.5 Å². The first-order chi connectivity index (χ1) is 11.5. The zero-order valence-corrected chi connectivity index (χ0v) is 13.0. The Morgan fingerprint density at radius 2 is 2.04 bits per heavy atom. The summed E-state index contributed by atoms with van der Waals surface area (Å²) in [6.07, 6.45) is 0. The van der Waals surface area contributed by atoms with Crippen molar-refractivity contribution in [2.75, 3.05) is 6.79 Å². The van der Waals surface area contributed by atoms with Crippen LogP contribution in [-0.4, -0.2) is 33.8 Å². The quantitative estimate of drug-likeness (QED) is 0.839. The molecule has 0 aliphatic carbocycles. The lowest BCUT2D eigenvalue weighted by Gasteiger charge is -2.22. The fourth-order valence-corrected chi connectivity index (χ4v) is 2.78. The number of fused-ring (bicyclic) bond motifs is 1. The molecule has 124 valence electrons.